The Morgan fingerprint density at radius 3 is 2.59 bits per heavy atom. The van der Waals surface area contributed by atoms with Gasteiger partial charge in [-0.25, -0.2) is 0 Å². The maximum absolute atomic E-state index is 13.1. The minimum absolute atomic E-state index is 0.0131. The van der Waals surface area contributed by atoms with Crippen molar-refractivity contribution in [2.75, 3.05) is 0 Å². The quantitative estimate of drug-likeness (QED) is 0.491. The molecule has 0 aliphatic carbocycles. The van der Waals surface area contributed by atoms with Crippen LogP contribution in [0.3, 0.4) is 0 Å². The molecule has 8 nitrogen and oxygen atoms in total. The number of hydrogen-bond acceptors (Lipinski definition) is 6. The molecule has 29 heavy (non-hydrogen) atoms. The predicted octanol–water partition coefficient (Wildman–Crippen LogP) is 0.193. The van der Waals surface area contributed by atoms with Crippen LogP contribution in [0.15, 0.2) is 46.1 Å². The van der Waals surface area contributed by atoms with Crippen LogP contribution in [0.2, 0.25) is 0 Å². The molecule has 1 aromatic heterocycles. The van der Waals surface area contributed by atoms with Crippen molar-refractivity contribution >= 4 is 25.4 Å². The van der Waals surface area contributed by atoms with E-state index in [0.29, 0.717) is 5.56 Å². The minimum atomic E-state index is -1.62. The van der Waals surface area contributed by atoms with Crippen molar-refractivity contribution in [1.29, 1.82) is 0 Å². The molecular weight excluding hydrogens is 443 g/mol. The molecule has 0 radical (unpaired) electrons. The van der Waals surface area contributed by atoms with E-state index in [0.717, 1.165) is 4.46 Å². The molecule has 2 aromatic rings. The molecule has 156 valence electrons. The van der Waals surface area contributed by atoms with E-state index < -0.39 is 54.6 Å². The first-order valence-electron chi connectivity index (χ1n) is 9.17. The predicted molar refractivity (Wildman–Crippen MR) is 107 cm³/mol. The first kappa shape index (κ1) is 21.5. The molecule has 0 saturated carbocycles. The molecule has 1 aliphatic rings. The number of ether oxygens (including phenoxy) is 2. The molecule has 0 unspecified atom stereocenters. The fourth-order valence-corrected chi connectivity index (χ4v) is 5.41. The maximum atomic E-state index is 13.1. The van der Waals surface area contributed by atoms with Crippen LogP contribution in [0.25, 0.3) is 0 Å². The Kier molecular flexibility index (Phi) is 5.87. The average Bonchev–Trinajstić information content (AvgIpc) is 2.95. The molecule has 3 rings (SSSR count). The number of nitrogens with zero attached hydrogens (tertiary/aromatic N) is 1. The number of carbonyl (C=O) groups excluding carboxylic acids is 1. The van der Waals surface area contributed by atoms with E-state index in [1.165, 1.54) is 10.8 Å². The van der Waals surface area contributed by atoms with Gasteiger partial charge < -0.3 is 0 Å². The van der Waals surface area contributed by atoms with Gasteiger partial charge in [0.25, 0.3) is 0 Å². The van der Waals surface area contributed by atoms with Crippen molar-refractivity contribution in [2.45, 2.75) is 56.5 Å². The zero-order valence-corrected chi connectivity index (χ0v) is 18.4. The molecule has 2 N–H and O–H groups in total. The second-order valence-electron chi connectivity index (χ2n) is 7.89. The molecule has 0 amide bonds. The van der Waals surface area contributed by atoms with Gasteiger partial charge in [0, 0.05) is 0 Å². The van der Waals surface area contributed by atoms with Gasteiger partial charge in [-0.2, -0.15) is 0 Å². The molecule has 1 fully saturated rings. The number of esters is 1. The summed E-state index contributed by atoms with van der Waals surface area (Å²) >= 11 is -0.633. The van der Waals surface area contributed by atoms with E-state index in [1.54, 1.807) is 27.7 Å². The number of nitrogens with one attached hydrogen (secondary N) is 1. The van der Waals surface area contributed by atoms with Crippen molar-refractivity contribution in [3.05, 3.63) is 62.9 Å². The topological polar surface area (TPSA) is 111 Å². The number of hydrogen-bond donors (Lipinski definition) is 2. The molecule has 0 bridgehead atoms. The second-order valence-corrected chi connectivity index (χ2v) is 10.6. The SMILES string of the molecule is Cc1cn([C@H]2C[C@H](O)[C@@]([Se]c3ccccc3)(C(=O)OC(C)(C)C)O2)c(=O)[nH]c1=O. The van der Waals surface area contributed by atoms with Gasteiger partial charge in [0.05, 0.1) is 0 Å². The second kappa shape index (κ2) is 7.91. The molecule has 3 atom stereocenters. The molecule has 9 heteroatoms. The van der Waals surface area contributed by atoms with E-state index in [9.17, 15) is 19.5 Å². The fourth-order valence-electron chi connectivity index (χ4n) is 2.98. The summed E-state index contributed by atoms with van der Waals surface area (Å²) in [5.74, 6) is -0.668. The van der Waals surface area contributed by atoms with Crippen molar-refractivity contribution in [1.82, 2.24) is 9.55 Å². The summed E-state index contributed by atoms with van der Waals surface area (Å²) in [6.45, 7) is 6.78. The Morgan fingerprint density at radius 2 is 1.97 bits per heavy atom. The van der Waals surface area contributed by atoms with E-state index >= 15 is 0 Å². The van der Waals surface area contributed by atoms with Gasteiger partial charge in [0.15, 0.2) is 0 Å². The summed E-state index contributed by atoms with van der Waals surface area (Å²) in [7, 11) is 0. The van der Waals surface area contributed by atoms with Gasteiger partial charge in [-0.1, -0.05) is 0 Å². The van der Waals surface area contributed by atoms with E-state index in [1.807, 2.05) is 30.3 Å². The first-order valence-corrected chi connectivity index (χ1v) is 10.9. The zero-order chi connectivity index (χ0) is 21.4. The Labute approximate surface area is 174 Å². The number of H-pyrrole nitrogens is 1. The summed E-state index contributed by atoms with van der Waals surface area (Å²) in [6.07, 6.45) is -0.703. The van der Waals surface area contributed by atoms with Crippen molar-refractivity contribution in [3.8, 4) is 0 Å². The first-order chi connectivity index (χ1) is 13.5. The Hall–Kier alpha value is -2.19. The van der Waals surface area contributed by atoms with Crippen molar-refractivity contribution in [2.24, 2.45) is 0 Å². The van der Waals surface area contributed by atoms with Gasteiger partial charge in [-0.15, -0.1) is 0 Å². The van der Waals surface area contributed by atoms with Gasteiger partial charge >= 0.3 is 174 Å². The number of aromatic amines is 1. The number of carbonyl (C=O) groups is 1. The Morgan fingerprint density at radius 1 is 1.31 bits per heavy atom. The van der Waals surface area contributed by atoms with Crippen LogP contribution in [-0.2, 0) is 14.3 Å². The van der Waals surface area contributed by atoms with Crippen LogP contribution in [0.1, 0.15) is 39.0 Å². The molecule has 1 saturated heterocycles. The van der Waals surface area contributed by atoms with Gasteiger partial charge in [-0.3, -0.25) is 0 Å². The summed E-state index contributed by atoms with van der Waals surface area (Å²) in [5.41, 5.74) is -1.60. The van der Waals surface area contributed by atoms with Crippen LogP contribution in [-0.4, -0.2) is 51.8 Å². The third-order valence-corrected chi connectivity index (χ3v) is 7.15. The van der Waals surface area contributed by atoms with Crippen LogP contribution in [0, 0.1) is 6.92 Å². The number of aliphatic hydroxyl groups is 1. The fraction of sp³-hybridized carbons (Fsp3) is 0.450. The molecule has 0 spiro atoms. The Bertz CT molecular complexity index is 1010. The summed E-state index contributed by atoms with van der Waals surface area (Å²) in [6, 6.07) is 9.25. The third-order valence-electron chi connectivity index (χ3n) is 4.33. The van der Waals surface area contributed by atoms with E-state index in [2.05, 4.69) is 4.98 Å². The van der Waals surface area contributed by atoms with Gasteiger partial charge in [-0.05, 0) is 0 Å². The molecular formula is C20H24N2O6Se. The number of rotatable bonds is 4. The third kappa shape index (κ3) is 4.53. The number of aryl methyl sites for hydroxylation is 1. The zero-order valence-electron chi connectivity index (χ0n) is 16.7. The molecule has 2 heterocycles. The van der Waals surface area contributed by atoms with Crippen molar-refractivity contribution in [3.63, 3.8) is 0 Å². The number of benzene rings is 1. The van der Waals surface area contributed by atoms with Crippen LogP contribution >= 0.6 is 0 Å². The summed E-state index contributed by atoms with van der Waals surface area (Å²) < 4.78 is 12.1. The van der Waals surface area contributed by atoms with Crippen LogP contribution in [0.4, 0.5) is 0 Å². The summed E-state index contributed by atoms with van der Waals surface area (Å²) in [4.78, 5) is 39.3. The van der Waals surface area contributed by atoms with Crippen molar-refractivity contribution < 1.29 is 19.4 Å². The number of aromatic nitrogens is 2. The molecule has 1 aliphatic heterocycles. The monoisotopic (exact) mass is 468 g/mol. The number of aliphatic hydroxyl groups excluding tert-OH is 1. The van der Waals surface area contributed by atoms with E-state index in [4.69, 9.17) is 9.47 Å². The van der Waals surface area contributed by atoms with Crippen LogP contribution < -0.4 is 15.7 Å². The Balaban J connectivity index is 2.02. The normalized spacial score (nSPS) is 24.4. The van der Waals surface area contributed by atoms with E-state index in [-0.39, 0.29) is 6.42 Å². The standard InChI is InChI=1S/C20H24N2O6Se/c1-12-11-22(18(26)21-16(12)24)15-10-14(23)20(27-15,17(25)28-19(2,3)4)29-13-8-6-5-7-9-13/h5-9,11,14-15,23H,10H2,1-4H3,(H,21,24,26)/t14-,15+,20+/m0/s1. The van der Waals surface area contributed by atoms with Gasteiger partial charge in [0.2, 0.25) is 0 Å². The average molecular weight is 467 g/mol. The van der Waals surface area contributed by atoms with Gasteiger partial charge in [0.1, 0.15) is 0 Å². The summed E-state index contributed by atoms with van der Waals surface area (Å²) in [5, 5.41) is 10.9. The van der Waals surface area contributed by atoms with Crippen LogP contribution in [0.5, 0.6) is 0 Å². The molecule has 1 aromatic carbocycles.